The quantitative estimate of drug-likeness (QED) is 0.639. The molecule has 2 aliphatic rings. The Morgan fingerprint density at radius 3 is 2.35 bits per heavy atom. The van der Waals surface area contributed by atoms with E-state index in [1.54, 1.807) is 37.4 Å². The van der Waals surface area contributed by atoms with Gasteiger partial charge in [-0.15, -0.1) is 0 Å². The van der Waals surface area contributed by atoms with Crippen molar-refractivity contribution < 1.29 is 27.4 Å². The molecule has 4 rings (SSSR count). The average molecular weight is 490 g/mol. The molecule has 2 aliphatic heterocycles. The van der Waals surface area contributed by atoms with E-state index in [-0.39, 0.29) is 10.5 Å². The van der Waals surface area contributed by atoms with Crippen LogP contribution in [0.5, 0.6) is 11.5 Å². The molecule has 0 unspecified atom stereocenters. The number of anilines is 2. The average Bonchev–Trinajstić information content (AvgIpc) is 2.89. The Balaban J connectivity index is 1.72. The van der Waals surface area contributed by atoms with Crippen LogP contribution in [0.25, 0.3) is 0 Å². The number of carbonyl (C=O) groups is 1. The third-order valence-corrected chi connectivity index (χ3v) is 8.07. The Labute approximate surface area is 200 Å². The zero-order chi connectivity index (χ0) is 24.1. The molecule has 2 fully saturated rings. The molecule has 9 nitrogen and oxygen atoms in total. The lowest BCUT2D eigenvalue weighted by atomic mass is 10.1. The summed E-state index contributed by atoms with van der Waals surface area (Å²) < 4.78 is 44.3. The van der Waals surface area contributed by atoms with E-state index in [0.29, 0.717) is 62.3 Å². The number of rotatable bonds is 7. The second kappa shape index (κ2) is 10.6. The molecule has 1 amide bonds. The minimum absolute atomic E-state index is 0.120. The highest BCUT2D eigenvalue weighted by atomic mass is 32.2. The van der Waals surface area contributed by atoms with Crippen LogP contribution in [0.1, 0.15) is 29.6 Å². The Morgan fingerprint density at radius 1 is 0.941 bits per heavy atom. The van der Waals surface area contributed by atoms with E-state index in [9.17, 15) is 13.2 Å². The van der Waals surface area contributed by atoms with E-state index in [4.69, 9.17) is 14.2 Å². The summed E-state index contributed by atoms with van der Waals surface area (Å²) in [5, 5.41) is 2.88. The number of benzene rings is 2. The smallest absolute Gasteiger partial charge is 0.257 e. The van der Waals surface area contributed by atoms with Crippen LogP contribution in [0.15, 0.2) is 41.3 Å². The highest BCUT2D eigenvalue weighted by Gasteiger charge is 2.29. The summed E-state index contributed by atoms with van der Waals surface area (Å²) in [4.78, 5) is 15.7. The number of hydrogen-bond donors (Lipinski definition) is 1. The molecule has 1 N–H and O–H groups in total. The molecule has 2 heterocycles. The van der Waals surface area contributed by atoms with Crippen LogP contribution in [0, 0.1) is 0 Å². The van der Waals surface area contributed by atoms with Crippen LogP contribution in [0.3, 0.4) is 0 Å². The first-order valence-electron chi connectivity index (χ1n) is 11.4. The van der Waals surface area contributed by atoms with Crippen LogP contribution in [0.4, 0.5) is 11.4 Å². The van der Waals surface area contributed by atoms with Gasteiger partial charge in [0.2, 0.25) is 10.0 Å². The summed E-state index contributed by atoms with van der Waals surface area (Å²) in [5.74, 6) is 0.605. The van der Waals surface area contributed by atoms with Crippen LogP contribution in [0.2, 0.25) is 0 Å². The first kappa shape index (κ1) is 24.3. The normalized spacial score (nSPS) is 17.3. The second-order valence-corrected chi connectivity index (χ2v) is 10.2. The van der Waals surface area contributed by atoms with Gasteiger partial charge in [-0.25, -0.2) is 8.42 Å². The van der Waals surface area contributed by atoms with Gasteiger partial charge in [0.05, 0.1) is 43.6 Å². The summed E-state index contributed by atoms with van der Waals surface area (Å²) >= 11 is 0. The molecule has 0 spiro atoms. The zero-order valence-corrected chi connectivity index (χ0v) is 20.4. The number of ether oxygens (including phenoxy) is 3. The Hall–Kier alpha value is -2.82. The van der Waals surface area contributed by atoms with Crippen LogP contribution < -0.4 is 19.7 Å². The zero-order valence-electron chi connectivity index (χ0n) is 19.6. The first-order chi connectivity index (χ1) is 16.4. The molecule has 0 radical (unpaired) electrons. The summed E-state index contributed by atoms with van der Waals surface area (Å²) in [7, 11) is -0.640. The van der Waals surface area contributed by atoms with Gasteiger partial charge in [0.15, 0.2) is 0 Å². The Kier molecular flexibility index (Phi) is 7.60. The van der Waals surface area contributed by atoms with E-state index in [0.717, 1.165) is 19.3 Å². The van der Waals surface area contributed by atoms with E-state index in [2.05, 4.69) is 5.32 Å². The van der Waals surface area contributed by atoms with Crippen molar-refractivity contribution in [3.8, 4) is 11.5 Å². The van der Waals surface area contributed by atoms with Crippen molar-refractivity contribution in [1.29, 1.82) is 0 Å². The molecular formula is C24H31N3O6S. The fraction of sp³-hybridized carbons (Fsp3) is 0.458. The molecular weight excluding hydrogens is 458 g/mol. The van der Waals surface area contributed by atoms with E-state index in [1.165, 1.54) is 17.5 Å². The molecule has 2 saturated heterocycles. The van der Waals surface area contributed by atoms with Gasteiger partial charge in [-0.05, 0) is 43.2 Å². The number of methoxy groups -OCH3 is 2. The maximum atomic E-state index is 13.5. The minimum Gasteiger partial charge on any atom is -0.497 e. The van der Waals surface area contributed by atoms with Gasteiger partial charge in [-0.2, -0.15) is 4.31 Å². The SMILES string of the molecule is COc1ccc(OC)c(NC(=O)c2cc(S(=O)(=O)N3CCCCC3)ccc2N2CCOCC2)c1. The highest BCUT2D eigenvalue weighted by Crippen LogP contribution is 2.32. The number of sulfonamides is 1. The summed E-state index contributed by atoms with van der Waals surface area (Å²) in [6, 6.07) is 9.90. The molecule has 2 aromatic rings. The number of carbonyl (C=O) groups excluding carboxylic acids is 1. The number of nitrogens with zero attached hydrogens (tertiary/aromatic N) is 2. The molecule has 0 atom stereocenters. The highest BCUT2D eigenvalue weighted by molar-refractivity contribution is 7.89. The molecule has 0 aromatic heterocycles. The van der Waals surface area contributed by atoms with Crippen molar-refractivity contribution in [2.24, 2.45) is 0 Å². The third-order valence-electron chi connectivity index (χ3n) is 6.17. The van der Waals surface area contributed by atoms with E-state index in [1.807, 2.05) is 4.90 Å². The lowest BCUT2D eigenvalue weighted by Gasteiger charge is -2.31. The maximum absolute atomic E-state index is 13.5. The fourth-order valence-electron chi connectivity index (χ4n) is 4.29. The molecule has 34 heavy (non-hydrogen) atoms. The van der Waals surface area contributed by atoms with Crippen molar-refractivity contribution in [3.05, 3.63) is 42.0 Å². The number of amides is 1. The lowest BCUT2D eigenvalue weighted by Crippen LogP contribution is -2.38. The van der Waals surface area contributed by atoms with E-state index >= 15 is 0 Å². The van der Waals surface area contributed by atoms with Crippen LogP contribution >= 0.6 is 0 Å². The van der Waals surface area contributed by atoms with Gasteiger partial charge in [0.25, 0.3) is 5.91 Å². The molecule has 10 heteroatoms. The van der Waals surface area contributed by atoms with Crippen molar-refractivity contribution in [1.82, 2.24) is 4.31 Å². The second-order valence-electron chi connectivity index (χ2n) is 8.26. The van der Waals surface area contributed by atoms with Crippen molar-refractivity contribution >= 4 is 27.3 Å². The summed E-state index contributed by atoms with van der Waals surface area (Å²) in [5.41, 5.74) is 1.38. The molecule has 2 aromatic carbocycles. The number of hydrogen-bond acceptors (Lipinski definition) is 7. The Bertz CT molecular complexity index is 1130. The predicted octanol–water partition coefficient (Wildman–Crippen LogP) is 2.97. The largest absolute Gasteiger partial charge is 0.497 e. The van der Waals surface area contributed by atoms with Gasteiger partial charge in [0.1, 0.15) is 11.5 Å². The van der Waals surface area contributed by atoms with E-state index < -0.39 is 15.9 Å². The molecule has 0 saturated carbocycles. The molecule has 0 aliphatic carbocycles. The summed E-state index contributed by atoms with van der Waals surface area (Å²) in [6.45, 7) is 3.30. The van der Waals surface area contributed by atoms with Gasteiger partial charge in [-0.3, -0.25) is 4.79 Å². The van der Waals surface area contributed by atoms with Gasteiger partial charge >= 0.3 is 0 Å². The van der Waals surface area contributed by atoms with Crippen LogP contribution in [-0.4, -0.2) is 72.2 Å². The first-order valence-corrected chi connectivity index (χ1v) is 12.9. The van der Waals surface area contributed by atoms with Crippen LogP contribution in [-0.2, 0) is 14.8 Å². The predicted molar refractivity (Wildman–Crippen MR) is 130 cm³/mol. The van der Waals surface area contributed by atoms with Gasteiger partial charge in [0, 0.05) is 37.9 Å². The minimum atomic E-state index is -3.70. The monoisotopic (exact) mass is 489 g/mol. The van der Waals surface area contributed by atoms with Gasteiger partial charge in [-0.1, -0.05) is 6.42 Å². The topological polar surface area (TPSA) is 97.4 Å². The number of nitrogens with one attached hydrogen (secondary N) is 1. The standard InChI is InChI=1S/C24H31N3O6S/c1-31-18-6-9-23(32-2)21(16-18)25-24(28)20-17-19(34(29,30)27-10-4-3-5-11-27)7-8-22(20)26-12-14-33-15-13-26/h6-9,16-17H,3-5,10-15H2,1-2H3,(H,25,28). The number of piperidine rings is 1. The van der Waals surface area contributed by atoms with Gasteiger partial charge < -0.3 is 24.4 Å². The summed E-state index contributed by atoms with van der Waals surface area (Å²) in [6.07, 6.45) is 2.71. The number of morpholine rings is 1. The third kappa shape index (κ3) is 5.13. The Morgan fingerprint density at radius 2 is 1.68 bits per heavy atom. The fourth-order valence-corrected chi connectivity index (χ4v) is 5.84. The van der Waals surface area contributed by atoms with Crippen molar-refractivity contribution in [2.75, 3.05) is 63.8 Å². The molecule has 0 bridgehead atoms. The molecule has 184 valence electrons. The maximum Gasteiger partial charge on any atom is 0.257 e. The lowest BCUT2D eigenvalue weighted by molar-refractivity contribution is 0.102. The van der Waals surface area contributed by atoms with Crippen molar-refractivity contribution in [2.45, 2.75) is 24.2 Å². The van der Waals surface area contributed by atoms with Crippen molar-refractivity contribution in [3.63, 3.8) is 0 Å².